The van der Waals surface area contributed by atoms with Gasteiger partial charge in [0, 0.05) is 12.2 Å². The molecule has 0 aliphatic heterocycles. The average molecular weight is 283 g/mol. The molecule has 0 aliphatic carbocycles. The van der Waals surface area contributed by atoms with Crippen LogP contribution >= 0.6 is 0 Å². The number of nitrogens with two attached hydrogens (primary N) is 1. The first-order valence-electron chi connectivity index (χ1n) is 6.94. The molecule has 1 aromatic heterocycles. The normalized spacial score (nSPS) is 12.7. The van der Waals surface area contributed by atoms with E-state index in [1.165, 1.54) is 0 Å². The van der Waals surface area contributed by atoms with Gasteiger partial charge in [0.25, 0.3) is 5.89 Å². The molecular weight excluding hydrogens is 266 g/mol. The van der Waals surface area contributed by atoms with Crippen LogP contribution in [0.2, 0.25) is 0 Å². The van der Waals surface area contributed by atoms with Crippen molar-refractivity contribution in [3.63, 3.8) is 0 Å². The molecular formula is C16H17N3O2. The van der Waals surface area contributed by atoms with Gasteiger partial charge in [-0.3, -0.25) is 0 Å². The first-order valence-corrected chi connectivity index (χ1v) is 6.94. The molecule has 1 atom stereocenters. The van der Waals surface area contributed by atoms with Gasteiger partial charge in [0.2, 0.25) is 0 Å². The van der Waals surface area contributed by atoms with E-state index >= 15 is 0 Å². The molecule has 21 heavy (non-hydrogen) atoms. The van der Waals surface area contributed by atoms with E-state index in [0.29, 0.717) is 24.9 Å². The highest BCUT2D eigenvalue weighted by Gasteiger charge is 2.16. The Bertz CT molecular complexity index is 734. The summed E-state index contributed by atoms with van der Waals surface area (Å²) in [6.45, 7) is 2.91. The predicted molar refractivity (Wildman–Crippen MR) is 80.7 cm³/mol. The minimum absolute atomic E-state index is 0.377. The van der Waals surface area contributed by atoms with E-state index in [4.69, 9.17) is 15.0 Å². The van der Waals surface area contributed by atoms with E-state index in [1.54, 1.807) is 0 Å². The second-order valence-electron chi connectivity index (χ2n) is 4.75. The molecule has 5 heteroatoms. The molecule has 1 heterocycles. The van der Waals surface area contributed by atoms with Crippen molar-refractivity contribution in [2.45, 2.75) is 13.0 Å². The summed E-state index contributed by atoms with van der Waals surface area (Å²) in [4.78, 5) is 4.40. The van der Waals surface area contributed by atoms with Gasteiger partial charge in [-0.1, -0.05) is 41.6 Å². The molecule has 0 bridgehead atoms. The van der Waals surface area contributed by atoms with Crippen molar-refractivity contribution in [1.82, 2.24) is 10.1 Å². The first kappa shape index (κ1) is 13.7. The monoisotopic (exact) mass is 283 g/mol. The number of ether oxygens (including phenoxy) is 1. The van der Waals surface area contributed by atoms with Gasteiger partial charge in [-0.15, -0.1) is 0 Å². The third-order valence-electron chi connectivity index (χ3n) is 3.29. The maximum absolute atomic E-state index is 5.98. The lowest BCUT2D eigenvalue weighted by Gasteiger charge is -2.05. The largest absolute Gasteiger partial charge is 0.380 e. The lowest BCUT2D eigenvalue weighted by atomic mass is 10.0. The molecule has 2 N–H and O–H groups in total. The van der Waals surface area contributed by atoms with Crippen LogP contribution in [0.5, 0.6) is 0 Å². The molecule has 0 radical (unpaired) electrons. The van der Waals surface area contributed by atoms with Crippen molar-refractivity contribution in [1.29, 1.82) is 0 Å². The summed E-state index contributed by atoms with van der Waals surface area (Å²) >= 11 is 0. The smallest absolute Gasteiger partial charge is 0.258 e. The number of fused-ring (bicyclic) bond motifs is 1. The van der Waals surface area contributed by atoms with Crippen LogP contribution in [-0.2, 0) is 4.74 Å². The maximum Gasteiger partial charge on any atom is 0.258 e. The highest BCUT2D eigenvalue weighted by Crippen LogP contribution is 2.27. The highest BCUT2D eigenvalue weighted by molar-refractivity contribution is 5.94. The van der Waals surface area contributed by atoms with E-state index in [0.717, 1.165) is 16.3 Å². The molecule has 0 saturated carbocycles. The van der Waals surface area contributed by atoms with E-state index in [2.05, 4.69) is 22.3 Å². The number of rotatable bonds is 5. The van der Waals surface area contributed by atoms with Crippen LogP contribution in [0.1, 0.15) is 18.8 Å². The minimum atomic E-state index is -0.377. The third-order valence-corrected chi connectivity index (χ3v) is 3.29. The Hall–Kier alpha value is -2.24. The highest BCUT2D eigenvalue weighted by atomic mass is 16.5. The summed E-state index contributed by atoms with van der Waals surface area (Å²) in [5.41, 5.74) is 6.89. The molecule has 0 fully saturated rings. The van der Waals surface area contributed by atoms with Crippen LogP contribution < -0.4 is 5.73 Å². The van der Waals surface area contributed by atoms with Crippen molar-refractivity contribution in [3.8, 4) is 11.5 Å². The van der Waals surface area contributed by atoms with Crippen LogP contribution in [0, 0.1) is 0 Å². The van der Waals surface area contributed by atoms with Crippen LogP contribution in [0.4, 0.5) is 0 Å². The summed E-state index contributed by atoms with van der Waals surface area (Å²) < 4.78 is 10.7. The van der Waals surface area contributed by atoms with Gasteiger partial charge in [0.15, 0.2) is 5.82 Å². The molecule has 1 unspecified atom stereocenters. The lowest BCUT2D eigenvalue weighted by Crippen LogP contribution is -2.18. The van der Waals surface area contributed by atoms with Crippen LogP contribution in [-0.4, -0.2) is 23.4 Å². The Kier molecular flexibility index (Phi) is 3.94. The van der Waals surface area contributed by atoms with Crippen molar-refractivity contribution in [2.75, 3.05) is 13.2 Å². The molecule has 0 spiro atoms. The van der Waals surface area contributed by atoms with Gasteiger partial charge in [0.05, 0.1) is 12.6 Å². The van der Waals surface area contributed by atoms with E-state index in [1.807, 2.05) is 37.3 Å². The van der Waals surface area contributed by atoms with Gasteiger partial charge in [0.1, 0.15) is 0 Å². The topological polar surface area (TPSA) is 74.2 Å². The maximum atomic E-state index is 5.98. The number of benzene rings is 2. The van der Waals surface area contributed by atoms with Gasteiger partial charge in [-0.25, -0.2) is 0 Å². The summed E-state index contributed by atoms with van der Waals surface area (Å²) in [5, 5.41) is 6.17. The van der Waals surface area contributed by atoms with Gasteiger partial charge in [-0.2, -0.15) is 4.98 Å². The van der Waals surface area contributed by atoms with Crippen molar-refractivity contribution >= 4 is 10.8 Å². The second kappa shape index (κ2) is 6.03. The molecule has 0 saturated heterocycles. The Labute approximate surface area is 122 Å². The summed E-state index contributed by atoms with van der Waals surface area (Å²) in [6, 6.07) is 13.7. The zero-order chi connectivity index (χ0) is 14.7. The number of hydrogen-bond acceptors (Lipinski definition) is 5. The zero-order valence-corrected chi connectivity index (χ0v) is 11.8. The zero-order valence-electron chi connectivity index (χ0n) is 11.8. The second-order valence-corrected chi connectivity index (χ2v) is 4.75. The standard InChI is InChI=1S/C16H17N3O2/c1-2-20-10-14(17)15-18-16(21-19-15)13-9-5-7-11-6-3-4-8-12(11)13/h3-9,14H,2,10,17H2,1H3. The van der Waals surface area contributed by atoms with E-state index < -0.39 is 0 Å². The predicted octanol–water partition coefficient (Wildman–Crippen LogP) is 2.93. The molecule has 3 aromatic rings. The summed E-state index contributed by atoms with van der Waals surface area (Å²) in [7, 11) is 0. The third kappa shape index (κ3) is 2.79. The van der Waals surface area contributed by atoms with Crippen LogP contribution in [0.15, 0.2) is 47.0 Å². The Balaban J connectivity index is 1.95. The summed E-state index contributed by atoms with van der Waals surface area (Å²) in [6.07, 6.45) is 0. The van der Waals surface area contributed by atoms with Crippen LogP contribution in [0.25, 0.3) is 22.2 Å². The molecule has 108 valence electrons. The lowest BCUT2D eigenvalue weighted by molar-refractivity contribution is 0.130. The van der Waals surface area contributed by atoms with E-state index in [-0.39, 0.29) is 6.04 Å². The molecule has 3 rings (SSSR count). The fraction of sp³-hybridized carbons (Fsp3) is 0.250. The fourth-order valence-electron chi connectivity index (χ4n) is 2.23. The molecule has 2 aromatic carbocycles. The SMILES string of the molecule is CCOCC(N)c1noc(-c2cccc3ccccc23)n1. The number of hydrogen-bond donors (Lipinski definition) is 1. The Morgan fingerprint density at radius 3 is 2.86 bits per heavy atom. The van der Waals surface area contributed by atoms with Crippen molar-refractivity contribution < 1.29 is 9.26 Å². The van der Waals surface area contributed by atoms with Gasteiger partial charge in [-0.05, 0) is 23.8 Å². The van der Waals surface area contributed by atoms with Gasteiger partial charge < -0.3 is 15.0 Å². The van der Waals surface area contributed by atoms with Crippen LogP contribution in [0.3, 0.4) is 0 Å². The first-order chi connectivity index (χ1) is 10.3. The molecule has 5 nitrogen and oxygen atoms in total. The van der Waals surface area contributed by atoms with Crippen molar-refractivity contribution in [3.05, 3.63) is 48.3 Å². The van der Waals surface area contributed by atoms with Crippen molar-refractivity contribution in [2.24, 2.45) is 5.73 Å². The Morgan fingerprint density at radius 1 is 1.19 bits per heavy atom. The number of nitrogens with zero attached hydrogens (tertiary/aromatic N) is 2. The van der Waals surface area contributed by atoms with E-state index in [9.17, 15) is 0 Å². The molecule has 0 aliphatic rings. The quantitative estimate of drug-likeness (QED) is 0.779. The summed E-state index contributed by atoms with van der Waals surface area (Å²) in [5.74, 6) is 0.945. The Morgan fingerprint density at radius 2 is 2.00 bits per heavy atom. The van der Waals surface area contributed by atoms with Gasteiger partial charge >= 0.3 is 0 Å². The minimum Gasteiger partial charge on any atom is -0.380 e. The number of aromatic nitrogens is 2. The molecule has 0 amide bonds. The fourth-order valence-corrected chi connectivity index (χ4v) is 2.23. The average Bonchev–Trinajstić information content (AvgIpc) is 3.02.